The van der Waals surface area contributed by atoms with Crippen LogP contribution < -0.4 is 0 Å². The summed E-state index contributed by atoms with van der Waals surface area (Å²) < 4.78 is 5.44. The predicted molar refractivity (Wildman–Crippen MR) is 51.2 cm³/mol. The van der Waals surface area contributed by atoms with Crippen LogP contribution in [0.4, 0.5) is 0 Å². The van der Waals surface area contributed by atoms with Gasteiger partial charge in [-0.2, -0.15) is 0 Å². The summed E-state index contributed by atoms with van der Waals surface area (Å²) in [5, 5.41) is 8.63. The van der Waals surface area contributed by atoms with Gasteiger partial charge < -0.3 is 9.84 Å². The fraction of sp³-hybridized carbons (Fsp3) is 0.900. The van der Waals surface area contributed by atoms with Gasteiger partial charge in [0, 0.05) is 18.5 Å². The molecule has 2 aliphatic rings. The maximum Gasteiger partial charge on any atom is 0.304 e. The average Bonchev–Trinajstić information content (AvgIpc) is 2.62. The molecule has 0 bridgehead atoms. The van der Waals surface area contributed by atoms with Crippen molar-refractivity contribution in [3.05, 3.63) is 0 Å². The third-order valence-electron chi connectivity index (χ3n) is 3.27. The minimum Gasteiger partial charge on any atom is -0.481 e. The van der Waals surface area contributed by atoms with Crippen molar-refractivity contribution in [3.8, 4) is 0 Å². The number of aliphatic carboxylic acids is 1. The van der Waals surface area contributed by atoms with Crippen LogP contribution in [0, 0.1) is 5.92 Å². The lowest BCUT2D eigenvalue weighted by molar-refractivity contribution is -0.137. The van der Waals surface area contributed by atoms with Gasteiger partial charge in [-0.15, -0.1) is 0 Å². The van der Waals surface area contributed by atoms with Crippen molar-refractivity contribution >= 4 is 5.97 Å². The van der Waals surface area contributed by atoms with E-state index in [4.69, 9.17) is 9.84 Å². The Labute approximate surface area is 83.8 Å². The van der Waals surface area contributed by atoms with Crippen molar-refractivity contribution in [2.45, 2.75) is 25.3 Å². The summed E-state index contributed by atoms with van der Waals surface area (Å²) in [4.78, 5) is 12.8. The number of fused-ring (bicyclic) bond motifs is 1. The van der Waals surface area contributed by atoms with Crippen LogP contribution in [-0.2, 0) is 9.53 Å². The Balaban J connectivity index is 1.87. The van der Waals surface area contributed by atoms with Crippen molar-refractivity contribution in [1.82, 2.24) is 4.90 Å². The summed E-state index contributed by atoms with van der Waals surface area (Å²) in [6.07, 6.45) is 2.68. The fourth-order valence-corrected chi connectivity index (χ4v) is 2.51. The molecule has 0 aromatic carbocycles. The van der Waals surface area contributed by atoms with E-state index in [0.29, 0.717) is 18.5 Å². The zero-order valence-electron chi connectivity index (χ0n) is 8.32. The highest BCUT2D eigenvalue weighted by Crippen LogP contribution is 2.28. The molecular formula is C10H17NO3. The predicted octanol–water partition coefficient (Wildman–Crippen LogP) is 0.572. The molecule has 0 spiro atoms. The van der Waals surface area contributed by atoms with E-state index < -0.39 is 5.97 Å². The molecule has 0 amide bonds. The third-order valence-corrected chi connectivity index (χ3v) is 3.27. The molecule has 2 rings (SSSR count). The summed E-state index contributed by atoms with van der Waals surface area (Å²) in [6.45, 7) is 3.39. The molecule has 2 heterocycles. The number of hydrogen-bond donors (Lipinski definition) is 1. The summed E-state index contributed by atoms with van der Waals surface area (Å²) in [6, 6.07) is 0.489. The molecule has 2 saturated heterocycles. The highest BCUT2D eigenvalue weighted by atomic mass is 16.5. The van der Waals surface area contributed by atoms with Crippen molar-refractivity contribution in [2.24, 2.45) is 5.92 Å². The van der Waals surface area contributed by atoms with Crippen LogP contribution in [-0.4, -0.2) is 48.3 Å². The van der Waals surface area contributed by atoms with Crippen LogP contribution >= 0.6 is 0 Å². The first kappa shape index (κ1) is 9.93. The molecule has 2 atom stereocenters. The zero-order chi connectivity index (χ0) is 9.97. The van der Waals surface area contributed by atoms with E-state index in [1.54, 1.807) is 0 Å². The molecule has 4 nitrogen and oxygen atoms in total. The molecule has 1 N–H and O–H groups in total. The van der Waals surface area contributed by atoms with Crippen molar-refractivity contribution in [1.29, 1.82) is 0 Å². The van der Waals surface area contributed by atoms with Gasteiger partial charge in [-0.05, 0) is 19.4 Å². The Hall–Kier alpha value is -0.610. The smallest absolute Gasteiger partial charge is 0.304 e. The minimum atomic E-state index is -0.703. The van der Waals surface area contributed by atoms with Crippen LogP contribution in [0.3, 0.4) is 0 Å². The van der Waals surface area contributed by atoms with Gasteiger partial charge in [0.25, 0.3) is 0 Å². The molecule has 2 fully saturated rings. The standard InChI is InChI=1S/C10H17NO3/c12-10(13)3-5-11-4-1-2-8-6-14-7-9(8)11/h8-9H,1-7H2,(H,12,13)/t8-,9+/m0/s1. The molecule has 0 saturated carbocycles. The summed E-state index contributed by atoms with van der Waals surface area (Å²) in [5.41, 5.74) is 0. The maximum absolute atomic E-state index is 10.5. The maximum atomic E-state index is 10.5. The topological polar surface area (TPSA) is 49.8 Å². The van der Waals surface area contributed by atoms with Crippen molar-refractivity contribution < 1.29 is 14.6 Å². The average molecular weight is 199 g/mol. The van der Waals surface area contributed by atoms with Crippen LogP contribution in [0.5, 0.6) is 0 Å². The lowest BCUT2D eigenvalue weighted by Crippen LogP contribution is -2.45. The molecular weight excluding hydrogens is 182 g/mol. The van der Waals surface area contributed by atoms with Crippen molar-refractivity contribution in [3.63, 3.8) is 0 Å². The van der Waals surface area contributed by atoms with Gasteiger partial charge in [0.1, 0.15) is 0 Å². The van der Waals surface area contributed by atoms with Crippen LogP contribution in [0.25, 0.3) is 0 Å². The van der Waals surface area contributed by atoms with Gasteiger partial charge in [0.2, 0.25) is 0 Å². The molecule has 4 heteroatoms. The Kier molecular flexibility index (Phi) is 3.03. The summed E-state index contributed by atoms with van der Waals surface area (Å²) in [5.74, 6) is -0.0522. The van der Waals surface area contributed by atoms with E-state index >= 15 is 0 Å². The molecule has 0 aromatic rings. The van der Waals surface area contributed by atoms with Gasteiger partial charge in [-0.1, -0.05) is 0 Å². The van der Waals surface area contributed by atoms with Crippen LogP contribution in [0.2, 0.25) is 0 Å². The molecule has 80 valence electrons. The van der Waals surface area contributed by atoms with E-state index in [1.165, 1.54) is 12.8 Å². The largest absolute Gasteiger partial charge is 0.481 e. The number of rotatable bonds is 3. The monoisotopic (exact) mass is 199 g/mol. The SMILES string of the molecule is O=C(O)CCN1CCC[C@H]2COC[C@H]21. The lowest BCUT2D eigenvalue weighted by Gasteiger charge is -2.35. The third kappa shape index (κ3) is 2.07. The second-order valence-electron chi connectivity index (χ2n) is 4.19. The normalized spacial score (nSPS) is 32.9. The fourth-order valence-electron chi connectivity index (χ4n) is 2.51. The Bertz CT molecular complexity index is 219. The first-order chi connectivity index (χ1) is 6.77. The first-order valence-corrected chi connectivity index (χ1v) is 5.31. The second kappa shape index (κ2) is 4.28. The number of carboxylic acid groups (broad SMARTS) is 1. The van der Waals surface area contributed by atoms with E-state index in [1.807, 2.05) is 0 Å². The van der Waals surface area contributed by atoms with Gasteiger partial charge in [0.05, 0.1) is 19.6 Å². The molecule has 0 unspecified atom stereocenters. The molecule has 14 heavy (non-hydrogen) atoms. The quantitative estimate of drug-likeness (QED) is 0.722. The van der Waals surface area contributed by atoms with E-state index in [0.717, 1.165) is 19.8 Å². The highest BCUT2D eigenvalue weighted by Gasteiger charge is 2.35. The van der Waals surface area contributed by atoms with Crippen molar-refractivity contribution in [2.75, 3.05) is 26.3 Å². The number of piperidine rings is 1. The second-order valence-corrected chi connectivity index (χ2v) is 4.19. The number of likely N-dealkylation sites (tertiary alicyclic amines) is 1. The molecule has 0 aliphatic carbocycles. The lowest BCUT2D eigenvalue weighted by atomic mass is 9.92. The van der Waals surface area contributed by atoms with E-state index in [2.05, 4.69) is 4.90 Å². The van der Waals surface area contributed by atoms with Gasteiger partial charge in [0.15, 0.2) is 0 Å². The molecule has 0 aromatic heterocycles. The Morgan fingerprint density at radius 3 is 3.14 bits per heavy atom. The Morgan fingerprint density at radius 2 is 2.36 bits per heavy atom. The first-order valence-electron chi connectivity index (χ1n) is 5.31. The zero-order valence-corrected chi connectivity index (χ0v) is 8.32. The van der Waals surface area contributed by atoms with Gasteiger partial charge >= 0.3 is 5.97 Å². The minimum absolute atomic E-state index is 0.253. The van der Waals surface area contributed by atoms with Crippen LogP contribution in [0.15, 0.2) is 0 Å². The summed E-state index contributed by atoms with van der Waals surface area (Å²) in [7, 11) is 0. The Morgan fingerprint density at radius 1 is 1.50 bits per heavy atom. The number of carbonyl (C=O) groups is 1. The van der Waals surface area contributed by atoms with Crippen LogP contribution in [0.1, 0.15) is 19.3 Å². The van der Waals surface area contributed by atoms with E-state index in [-0.39, 0.29) is 6.42 Å². The summed E-state index contributed by atoms with van der Waals surface area (Å²) >= 11 is 0. The highest BCUT2D eigenvalue weighted by molar-refractivity contribution is 5.66. The number of ether oxygens (including phenoxy) is 1. The molecule has 0 radical (unpaired) electrons. The van der Waals surface area contributed by atoms with Gasteiger partial charge in [-0.3, -0.25) is 9.69 Å². The molecule has 2 aliphatic heterocycles. The number of carboxylic acids is 1. The van der Waals surface area contributed by atoms with Gasteiger partial charge in [-0.25, -0.2) is 0 Å². The number of nitrogens with zero attached hydrogens (tertiary/aromatic N) is 1. The van der Waals surface area contributed by atoms with E-state index in [9.17, 15) is 4.79 Å². The number of hydrogen-bond acceptors (Lipinski definition) is 3.